The first-order valence-corrected chi connectivity index (χ1v) is 5.77. The lowest BCUT2D eigenvalue weighted by atomic mass is 9.94. The molecule has 2 heteroatoms. The van der Waals surface area contributed by atoms with Crippen LogP contribution in [0.2, 0.25) is 0 Å². The van der Waals surface area contributed by atoms with Crippen molar-refractivity contribution in [1.29, 1.82) is 0 Å². The van der Waals surface area contributed by atoms with E-state index < -0.39 is 0 Å². The van der Waals surface area contributed by atoms with Gasteiger partial charge in [0.05, 0.1) is 0 Å². The molecule has 0 spiro atoms. The molecule has 0 saturated carbocycles. The van der Waals surface area contributed by atoms with Gasteiger partial charge < -0.3 is 0 Å². The molecule has 72 valence electrons. The van der Waals surface area contributed by atoms with Crippen LogP contribution >= 0.6 is 27.5 Å². The number of halogens is 2. The first kappa shape index (κ1) is 11.1. The summed E-state index contributed by atoms with van der Waals surface area (Å²) < 4.78 is 1.12. The van der Waals surface area contributed by atoms with Crippen molar-refractivity contribution in [3.63, 3.8) is 0 Å². The zero-order chi connectivity index (χ0) is 9.84. The van der Waals surface area contributed by atoms with E-state index in [1.807, 2.05) is 0 Å². The van der Waals surface area contributed by atoms with E-state index in [9.17, 15) is 0 Å². The zero-order valence-electron chi connectivity index (χ0n) is 7.93. The third-order valence-corrected chi connectivity index (χ3v) is 3.13. The molecule has 2 atom stereocenters. The molecule has 0 nitrogen and oxygen atoms in total. The molecule has 1 aromatic carbocycles. The normalized spacial score (nSPS) is 15.4. The highest BCUT2D eigenvalue weighted by Gasteiger charge is 2.14. The van der Waals surface area contributed by atoms with E-state index in [0.717, 1.165) is 10.9 Å². The van der Waals surface area contributed by atoms with Crippen molar-refractivity contribution < 1.29 is 0 Å². The van der Waals surface area contributed by atoms with Crippen molar-refractivity contribution in [2.75, 3.05) is 0 Å². The second-order valence-electron chi connectivity index (χ2n) is 3.24. The van der Waals surface area contributed by atoms with Crippen LogP contribution in [0, 0.1) is 0 Å². The van der Waals surface area contributed by atoms with Gasteiger partial charge in [-0.05, 0) is 37.0 Å². The fourth-order valence-corrected chi connectivity index (χ4v) is 2.12. The van der Waals surface area contributed by atoms with Crippen LogP contribution in [0.5, 0.6) is 0 Å². The monoisotopic (exact) mass is 260 g/mol. The second-order valence-corrected chi connectivity index (χ2v) is 4.85. The third kappa shape index (κ3) is 2.99. The maximum absolute atomic E-state index is 6.11. The Balaban J connectivity index is 2.86. The molecular formula is C11H14BrCl. The summed E-state index contributed by atoms with van der Waals surface area (Å²) in [5, 5.41) is 0.200. The Labute approximate surface area is 93.4 Å². The maximum atomic E-state index is 6.11. The van der Waals surface area contributed by atoms with E-state index in [4.69, 9.17) is 11.6 Å². The van der Waals surface area contributed by atoms with Crippen molar-refractivity contribution in [2.45, 2.75) is 31.6 Å². The number of hydrogen-bond acceptors (Lipinski definition) is 0. The van der Waals surface area contributed by atoms with Crippen molar-refractivity contribution in [3.8, 4) is 0 Å². The molecule has 0 aliphatic carbocycles. The third-order valence-electron chi connectivity index (χ3n) is 2.29. The summed E-state index contributed by atoms with van der Waals surface area (Å²) in [7, 11) is 0. The smallest absolute Gasteiger partial charge is 0.0376 e. The number of hydrogen-bond donors (Lipinski definition) is 0. The van der Waals surface area contributed by atoms with Gasteiger partial charge in [-0.25, -0.2) is 0 Å². The van der Waals surface area contributed by atoms with E-state index in [1.54, 1.807) is 0 Å². The Bertz CT molecular complexity index is 253. The summed E-state index contributed by atoms with van der Waals surface area (Å²) >= 11 is 9.53. The summed E-state index contributed by atoms with van der Waals surface area (Å²) in [5.41, 5.74) is 1.33. The van der Waals surface area contributed by atoms with E-state index in [1.165, 1.54) is 5.56 Å². The standard InChI is InChI=1S/C11H14BrCl/c1-3-11(8(2)13)9-4-6-10(12)7-5-9/h4-8,11H,3H2,1-2H3. The van der Waals surface area contributed by atoms with Gasteiger partial charge in [-0.3, -0.25) is 0 Å². The SMILES string of the molecule is CCC(c1ccc(Br)cc1)C(C)Cl. The average molecular weight is 262 g/mol. The van der Waals surface area contributed by atoms with Crippen LogP contribution in [0.3, 0.4) is 0 Å². The van der Waals surface area contributed by atoms with E-state index >= 15 is 0 Å². The van der Waals surface area contributed by atoms with E-state index in [2.05, 4.69) is 54.0 Å². The fourth-order valence-electron chi connectivity index (χ4n) is 1.54. The van der Waals surface area contributed by atoms with Crippen LogP contribution in [0.1, 0.15) is 31.7 Å². The largest absolute Gasteiger partial charge is 0.123 e. The molecule has 0 aliphatic rings. The second kappa shape index (κ2) is 5.02. The van der Waals surface area contributed by atoms with Crippen LogP contribution < -0.4 is 0 Å². The van der Waals surface area contributed by atoms with E-state index in [-0.39, 0.29) is 5.38 Å². The fraction of sp³-hybridized carbons (Fsp3) is 0.455. The highest BCUT2D eigenvalue weighted by Crippen LogP contribution is 2.27. The molecule has 0 radical (unpaired) electrons. The summed E-state index contributed by atoms with van der Waals surface area (Å²) in [4.78, 5) is 0. The van der Waals surface area contributed by atoms with E-state index in [0.29, 0.717) is 5.92 Å². The molecule has 0 amide bonds. The highest BCUT2D eigenvalue weighted by molar-refractivity contribution is 9.10. The Morgan fingerprint density at radius 2 is 1.85 bits per heavy atom. The number of rotatable bonds is 3. The lowest BCUT2D eigenvalue weighted by molar-refractivity contribution is 0.649. The Morgan fingerprint density at radius 1 is 1.31 bits per heavy atom. The molecule has 0 N–H and O–H groups in total. The van der Waals surface area contributed by atoms with Gasteiger partial charge in [-0.2, -0.15) is 0 Å². The summed E-state index contributed by atoms with van der Waals surface area (Å²) in [6, 6.07) is 8.41. The summed E-state index contributed by atoms with van der Waals surface area (Å²) in [6.45, 7) is 4.23. The summed E-state index contributed by atoms with van der Waals surface area (Å²) in [5.74, 6) is 0.467. The Kier molecular flexibility index (Phi) is 4.27. The van der Waals surface area contributed by atoms with Gasteiger partial charge in [0, 0.05) is 9.85 Å². The van der Waals surface area contributed by atoms with Gasteiger partial charge in [0.25, 0.3) is 0 Å². The van der Waals surface area contributed by atoms with Gasteiger partial charge in [-0.15, -0.1) is 11.6 Å². The van der Waals surface area contributed by atoms with Crippen molar-refractivity contribution >= 4 is 27.5 Å². The van der Waals surface area contributed by atoms with Crippen LogP contribution in [0.4, 0.5) is 0 Å². The minimum Gasteiger partial charge on any atom is -0.123 e. The molecule has 0 bridgehead atoms. The van der Waals surface area contributed by atoms with Gasteiger partial charge in [0.2, 0.25) is 0 Å². The molecule has 0 fully saturated rings. The van der Waals surface area contributed by atoms with Gasteiger partial charge in [-0.1, -0.05) is 35.0 Å². The number of benzene rings is 1. The van der Waals surface area contributed by atoms with Crippen LogP contribution in [-0.4, -0.2) is 5.38 Å². The van der Waals surface area contributed by atoms with Crippen molar-refractivity contribution in [2.24, 2.45) is 0 Å². The van der Waals surface area contributed by atoms with Crippen LogP contribution in [0.15, 0.2) is 28.7 Å². The summed E-state index contributed by atoms with van der Waals surface area (Å²) in [6.07, 6.45) is 1.09. The Morgan fingerprint density at radius 3 is 2.23 bits per heavy atom. The number of alkyl halides is 1. The molecule has 13 heavy (non-hydrogen) atoms. The molecular weight excluding hydrogens is 247 g/mol. The first-order valence-electron chi connectivity index (χ1n) is 4.54. The molecule has 1 aromatic rings. The highest BCUT2D eigenvalue weighted by atomic mass is 79.9. The lowest BCUT2D eigenvalue weighted by Crippen LogP contribution is -2.07. The van der Waals surface area contributed by atoms with Crippen LogP contribution in [0.25, 0.3) is 0 Å². The molecule has 0 aliphatic heterocycles. The lowest BCUT2D eigenvalue weighted by Gasteiger charge is -2.17. The van der Waals surface area contributed by atoms with Gasteiger partial charge in [0.15, 0.2) is 0 Å². The minimum atomic E-state index is 0.200. The average Bonchev–Trinajstić information content (AvgIpc) is 2.09. The quantitative estimate of drug-likeness (QED) is 0.699. The van der Waals surface area contributed by atoms with Gasteiger partial charge in [0.1, 0.15) is 0 Å². The molecule has 1 rings (SSSR count). The van der Waals surface area contributed by atoms with Crippen LogP contribution in [-0.2, 0) is 0 Å². The minimum absolute atomic E-state index is 0.200. The zero-order valence-corrected chi connectivity index (χ0v) is 10.3. The predicted molar refractivity (Wildman–Crippen MR) is 62.5 cm³/mol. The molecule has 2 unspecified atom stereocenters. The molecule has 0 heterocycles. The maximum Gasteiger partial charge on any atom is 0.0376 e. The molecule has 0 saturated heterocycles. The Hall–Kier alpha value is -0.0100. The van der Waals surface area contributed by atoms with Crippen molar-refractivity contribution in [3.05, 3.63) is 34.3 Å². The first-order chi connectivity index (χ1) is 6.15. The van der Waals surface area contributed by atoms with Crippen molar-refractivity contribution in [1.82, 2.24) is 0 Å². The topological polar surface area (TPSA) is 0 Å². The molecule has 0 aromatic heterocycles. The van der Waals surface area contributed by atoms with Gasteiger partial charge >= 0.3 is 0 Å². The predicted octanol–water partition coefficient (Wildman–Crippen LogP) is 4.57.